The SMILES string of the molecule is Cc1cc(C)c2cccc(C(=O)N(C)[C@H](CCNC(=O)c3cccn3C)Cc3ccccc3)c2n1. The predicted octanol–water partition coefficient (Wildman–Crippen LogP) is 4.69. The van der Waals surface area contributed by atoms with E-state index in [9.17, 15) is 9.59 Å². The van der Waals surface area contributed by atoms with E-state index in [1.54, 1.807) is 15.5 Å². The quantitative estimate of drug-likeness (QED) is 0.408. The molecule has 35 heavy (non-hydrogen) atoms. The molecule has 0 saturated carbocycles. The molecule has 0 bridgehead atoms. The Labute approximate surface area is 206 Å². The fourth-order valence-corrected chi connectivity index (χ4v) is 4.57. The van der Waals surface area contributed by atoms with Gasteiger partial charge in [0.1, 0.15) is 5.69 Å². The molecule has 2 heterocycles. The first-order valence-corrected chi connectivity index (χ1v) is 11.9. The van der Waals surface area contributed by atoms with Crippen molar-refractivity contribution < 1.29 is 9.59 Å². The van der Waals surface area contributed by atoms with Gasteiger partial charge in [0.05, 0.1) is 11.1 Å². The highest BCUT2D eigenvalue weighted by molar-refractivity contribution is 6.06. The summed E-state index contributed by atoms with van der Waals surface area (Å²) in [6, 6.07) is 21.5. The number of pyridine rings is 1. The van der Waals surface area contributed by atoms with E-state index in [1.165, 1.54) is 0 Å². The molecule has 2 aromatic carbocycles. The molecule has 6 nitrogen and oxygen atoms in total. The lowest BCUT2D eigenvalue weighted by atomic mass is 9.99. The van der Waals surface area contributed by atoms with Crippen LogP contribution in [0.25, 0.3) is 10.9 Å². The van der Waals surface area contributed by atoms with Gasteiger partial charge in [-0.2, -0.15) is 0 Å². The van der Waals surface area contributed by atoms with Crippen molar-refractivity contribution in [1.29, 1.82) is 0 Å². The Hall–Kier alpha value is -3.93. The van der Waals surface area contributed by atoms with Gasteiger partial charge < -0.3 is 14.8 Å². The molecule has 0 saturated heterocycles. The number of aryl methyl sites for hydroxylation is 3. The molecule has 0 radical (unpaired) electrons. The highest BCUT2D eigenvalue weighted by atomic mass is 16.2. The van der Waals surface area contributed by atoms with Gasteiger partial charge in [-0.25, -0.2) is 0 Å². The van der Waals surface area contributed by atoms with Crippen LogP contribution in [0.4, 0.5) is 0 Å². The number of aromatic nitrogens is 2. The number of para-hydroxylation sites is 1. The molecule has 4 rings (SSSR count). The zero-order valence-corrected chi connectivity index (χ0v) is 20.8. The third-order valence-corrected chi connectivity index (χ3v) is 6.53. The fraction of sp³-hybridized carbons (Fsp3) is 0.276. The molecule has 1 atom stereocenters. The lowest BCUT2D eigenvalue weighted by molar-refractivity contribution is 0.0724. The van der Waals surface area contributed by atoms with E-state index >= 15 is 0 Å². The van der Waals surface area contributed by atoms with Gasteiger partial charge >= 0.3 is 0 Å². The average Bonchev–Trinajstić information content (AvgIpc) is 3.28. The zero-order valence-electron chi connectivity index (χ0n) is 20.8. The highest BCUT2D eigenvalue weighted by Crippen LogP contribution is 2.23. The van der Waals surface area contributed by atoms with Crippen LogP contribution in [0, 0.1) is 13.8 Å². The highest BCUT2D eigenvalue weighted by Gasteiger charge is 2.24. The van der Waals surface area contributed by atoms with Crippen LogP contribution in [0.15, 0.2) is 72.9 Å². The van der Waals surface area contributed by atoms with Crippen molar-refractivity contribution in [2.75, 3.05) is 13.6 Å². The molecule has 0 aliphatic heterocycles. The van der Waals surface area contributed by atoms with E-state index < -0.39 is 0 Å². The van der Waals surface area contributed by atoms with Crippen molar-refractivity contribution in [3.05, 3.63) is 101 Å². The Morgan fingerprint density at radius 2 is 1.80 bits per heavy atom. The number of benzene rings is 2. The minimum Gasteiger partial charge on any atom is -0.351 e. The van der Waals surface area contributed by atoms with Crippen LogP contribution in [0.3, 0.4) is 0 Å². The van der Waals surface area contributed by atoms with Crippen molar-refractivity contribution >= 4 is 22.7 Å². The number of rotatable bonds is 8. The molecule has 0 unspecified atom stereocenters. The molecule has 2 amide bonds. The first kappa shape index (κ1) is 24.2. The largest absolute Gasteiger partial charge is 0.351 e. The molecule has 0 fully saturated rings. The van der Waals surface area contributed by atoms with Crippen LogP contribution in [0.2, 0.25) is 0 Å². The number of likely N-dealkylation sites (N-methyl/N-ethyl adjacent to an activating group) is 1. The van der Waals surface area contributed by atoms with Crippen molar-refractivity contribution in [2.24, 2.45) is 7.05 Å². The van der Waals surface area contributed by atoms with Gasteiger partial charge in [-0.3, -0.25) is 14.6 Å². The minimum atomic E-state index is -0.117. The number of nitrogens with one attached hydrogen (secondary N) is 1. The summed E-state index contributed by atoms with van der Waals surface area (Å²) >= 11 is 0. The standard InChI is InChI=1S/C29H32N4O2/c1-20-18-21(2)31-27-24(20)12-8-13-25(27)29(35)33(4)23(19-22-10-6-5-7-11-22)15-16-30-28(34)26-14-9-17-32(26)3/h5-14,17-18,23H,15-16,19H2,1-4H3,(H,30,34)/t23-/m1/s1. The summed E-state index contributed by atoms with van der Waals surface area (Å²) in [4.78, 5) is 32.8. The number of fused-ring (bicyclic) bond motifs is 1. The molecule has 180 valence electrons. The molecule has 0 aliphatic carbocycles. The summed E-state index contributed by atoms with van der Waals surface area (Å²) in [6.07, 6.45) is 3.17. The smallest absolute Gasteiger partial charge is 0.267 e. The number of carbonyl (C=O) groups is 2. The van der Waals surface area contributed by atoms with E-state index in [1.807, 2.05) is 82.7 Å². The second kappa shape index (κ2) is 10.6. The molecule has 4 aromatic rings. The van der Waals surface area contributed by atoms with Crippen LogP contribution in [0.1, 0.15) is 44.1 Å². The predicted molar refractivity (Wildman–Crippen MR) is 140 cm³/mol. The summed E-state index contributed by atoms with van der Waals surface area (Å²) in [7, 11) is 3.69. The van der Waals surface area contributed by atoms with Crippen molar-refractivity contribution in [1.82, 2.24) is 19.8 Å². The number of nitrogens with zero attached hydrogens (tertiary/aromatic N) is 3. The maximum Gasteiger partial charge on any atom is 0.267 e. The van der Waals surface area contributed by atoms with Gasteiger partial charge in [0.25, 0.3) is 11.8 Å². The van der Waals surface area contributed by atoms with Crippen molar-refractivity contribution in [3.63, 3.8) is 0 Å². The van der Waals surface area contributed by atoms with Crippen LogP contribution in [0.5, 0.6) is 0 Å². The Bertz CT molecular complexity index is 1340. The lowest BCUT2D eigenvalue weighted by Crippen LogP contribution is -2.41. The van der Waals surface area contributed by atoms with E-state index in [0.29, 0.717) is 30.6 Å². The summed E-state index contributed by atoms with van der Waals surface area (Å²) in [5.74, 6) is -0.183. The first-order valence-electron chi connectivity index (χ1n) is 11.9. The van der Waals surface area contributed by atoms with Gasteiger partial charge in [-0.05, 0) is 62.1 Å². The topological polar surface area (TPSA) is 67.2 Å². The van der Waals surface area contributed by atoms with Crippen LogP contribution in [-0.4, -0.2) is 45.9 Å². The third kappa shape index (κ3) is 5.43. The van der Waals surface area contributed by atoms with Gasteiger partial charge in [0.2, 0.25) is 0 Å². The van der Waals surface area contributed by atoms with Gasteiger partial charge in [-0.1, -0.05) is 42.5 Å². The zero-order chi connectivity index (χ0) is 24.9. The monoisotopic (exact) mass is 468 g/mol. The van der Waals surface area contributed by atoms with Gasteiger partial charge in [-0.15, -0.1) is 0 Å². The van der Waals surface area contributed by atoms with Gasteiger partial charge in [0.15, 0.2) is 0 Å². The Balaban J connectivity index is 1.56. The molecule has 0 spiro atoms. The van der Waals surface area contributed by atoms with Crippen LogP contribution in [-0.2, 0) is 13.5 Å². The number of amides is 2. The normalized spacial score (nSPS) is 11.9. The maximum atomic E-state index is 13.7. The lowest BCUT2D eigenvalue weighted by Gasteiger charge is -2.29. The van der Waals surface area contributed by atoms with Gasteiger partial charge in [0, 0.05) is 44.0 Å². The molecule has 0 aliphatic rings. The summed E-state index contributed by atoms with van der Waals surface area (Å²) in [5, 5.41) is 4.00. The summed E-state index contributed by atoms with van der Waals surface area (Å²) in [5.41, 5.74) is 5.09. The molecule has 2 aromatic heterocycles. The number of hydrogen-bond acceptors (Lipinski definition) is 3. The van der Waals surface area contributed by atoms with E-state index in [2.05, 4.69) is 17.4 Å². The first-order chi connectivity index (χ1) is 16.8. The van der Waals surface area contributed by atoms with E-state index in [0.717, 1.165) is 27.7 Å². The molecule has 1 N–H and O–H groups in total. The minimum absolute atomic E-state index is 0.0669. The number of carbonyl (C=O) groups excluding carboxylic acids is 2. The van der Waals surface area contributed by atoms with E-state index in [-0.39, 0.29) is 17.9 Å². The molecular formula is C29H32N4O2. The second-order valence-electron chi connectivity index (χ2n) is 9.09. The average molecular weight is 469 g/mol. The number of hydrogen-bond donors (Lipinski definition) is 1. The Morgan fingerprint density at radius 3 is 2.51 bits per heavy atom. The summed E-state index contributed by atoms with van der Waals surface area (Å²) in [6.45, 7) is 4.46. The third-order valence-electron chi connectivity index (χ3n) is 6.53. The van der Waals surface area contributed by atoms with E-state index in [4.69, 9.17) is 4.98 Å². The van der Waals surface area contributed by atoms with Crippen molar-refractivity contribution in [3.8, 4) is 0 Å². The summed E-state index contributed by atoms with van der Waals surface area (Å²) < 4.78 is 1.80. The Kier molecular flexibility index (Phi) is 7.30. The van der Waals surface area contributed by atoms with Crippen LogP contribution >= 0.6 is 0 Å². The van der Waals surface area contributed by atoms with Crippen LogP contribution < -0.4 is 5.32 Å². The maximum absolute atomic E-state index is 13.7. The molecular weight excluding hydrogens is 436 g/mol. The molecule has 6 heteroatoms. The fourth-order valence-electron chi connectivity index (χ4n) is 4.57. The van der Waals surface area contributed by atoms with Crippen molar-refractivity contribution in [2.45, 2.75) is 32.7 Å². The Morgan fingerprint density at radius 1 is 1.03 bits per heavy atom. The second-order valence-corrected chi connectivity index (χ2v) is 9.09.